The van der Waals surface area contributed by atoms with Gasteiger partial charge >= 0.3 is 0 Å². The summed E-state index contributed by atoms with van der Waals surface area (Å²) < 4.78 is 0. The highest BCUT2D eigenvalue weighted by molar-refractivity contribution is 5.60. The molecule has 1 radical (unpaired) electrons. The van der Waals surface area contributed by atoms with Crippen LogP contribution in [0.4, 0.5) is 0 Å². The van der Waals surface area contributed by atoms with Crippen molar-refractivity contribution in [3.63, 3.8) is 0 Å². The molecule has 4 heteroatoms. The fourth-order valence-corrected chi connectivity index (χ4v) is 0.538. The van der Waals surface area contributed by atoms with Crippen LogP contribution in [0.3, 0.4) is 0 Å². The second kappa shape index (κ2) is 4.38. The highest BCUT2D eigenvalue weighted by Gasteiger charge is 2.28. The Bertz CT molecular complexity index is 97.9. The average molecular weight is 147 g/mol. The number of aliphatic hydroxyl groups excluding tert-OH is 3. The molecule has 0 aliphatic carbocycles. The lowest BCUT2D eigenvalue weighted by atomic mass is 9.89. The minimum Gasteiger partial charge on any atom is -0.396 e. The number of carbonyl (C=O) groups excluding carboxylic acids is 1. The molecule has 0 saturated carbocycles. The number of rotatable bonds is 5. The van der Waals surface area contributed by atoms with Gasteiger partial charge in [0.15, 0.2) is 0 Å². The van der Waals surface area contributed by atoms with Crippen molar-refractivity contribution in [2.45, 2.75) is 6.42 Å². The largest absolute Gasteiger partial charge is 0.396 e. The first kappa shape index (κ1) is 9.55. The van der Waals surface area contributed by atoms with Crippen LogP contribution in [-0.2, 0) is 4.79 Å². The Morgan fingerprint density at radius 1 is 1.20 bits per heavy atom. The van der Waals surface area contributed by atoms with Crippen molar-refractivity contribution in [1.29, 1.82) is 0 Å². The van der Waals surface area contributed by atoms with E-state index < -0.39 is 18.6 Å². The van der Waals surface area contributed by atoms with Crippen molar-refractivity contribution in [2.75, 3.05) is 19.8 Å². The van der Waals surface area contributed by atoms with E-state index in [9.17, 15) is 4.79 Å². The maximum absolute atomic E-state index is 10.1. The first-order valence-corrected chi connectivity index (χ1v) is 2.96. The van der Waals surface area contributed by atoms with Crippen LogP contribution in [0.1, 0.15) is 6.42 Å². The van der Waals surface area contributed by atoms with Crippen LogP contribution in [0.5, 0.6) is 0 Å². The monoisotopic (exact) mass is 147 g/mol. The minimum absolute atomic E-state index is 0.0451. The smallest absolute Gasteiger partial charge is 0.209 e. The van der Waals surface area contributed by atoms with Crippen molar-refractivity contribution in [3.05, 3.63) is 0 Å². The van der Waals surface area contributed by atoms with Gasteiger partial charge in [-0.3, -0.25) is 4.79 Å². The summed E-state index contributed by atoms with van der Waals surface area (Å²) in [5.41, 5.74) is -1.27. The number of aliphatic hydroxyl groups is 3. The topological polar surface area (TPSA) is 77.8 Å². The Morgan fingerprint density at radius 2 is 1.70 bits per heavy atom. The molecule has 0 rings (SSSR count). The van der Waals surface area contributed by atoms with E-state index in [1.165, 1.54) is 6.29 Å². The predicted molar refractivity (Wildman–Crippen MR) is 34.0 cm³/mol. The van der Waals surface area contributed by atoms with Crippen LogP contribution >= 0.6 is 0 Å². The van der Waals surface area contributed by atoms with Crippen LogP contribution in [0.25, 0.3) is 0 Å². The Kier molecular flexibility index (Phi) is 4.18. The molecule has 0 aliphatic rings. The summed E-state index contributed by atoms with van der Waals surface area (Å²) in [6.07, 6.45) is 1.55. The molecule has 0 saturated heterocycles. The predicted octanol–water partition coefficient (Wildman–Crippen LogP) is -1.55. The zero-order chi connectivity index (χ0) is 8.04. The van der Waals surface area contributed by atoms with Gasteiger partial charge < -0.3 is 15.3 Å². The first-order valence-electron chi connectivity index (χ1n) is 2.96. The Morgan fingerprint density at radius 3 is 1.80 bits per heavy atom. The zero-order valence-corrected chi connectivity index (χ0v) is 5.58. The Hall–Kier alpha value is -0.450. The summed E-state index contributed by atoms with van der Waals surface area (Å²) in [5.74, 6) is 0. The van der Waals surface area contributed by atoms with Crippen molar-refractivity contribution < 1.29 is 20.1 Å². The Labute approximate surface area is 59.1 Å². The van der Waals surface area contributed by atoms with E-state index in [1.807, 2.05) is 0 Å². The highest BCUT2D eigenvalue weighted by Crippen LogP contribution is 2.16. The third kappa shape index (κ3) is 2.06. The Balaban J connectivity index is 4.00. The lowest BCUT2D eigenvalue weighted by Crippen LogP contribution is -2.32. The van der Waals surface area contributed by atoms with Crippen molar-refractivity contribution in [3.8, 4) is 0 Å². The molecule has 0 aliphatic heterocycles. The maximum atomic E-state index is 10.1. The minimum atomic E-state index is -1.27. The summed E-state index contributed by atoms with van der Waals surface area (Å²) in [5, 5.41) is 25.5. The average Bonchev–Trinajstić information content (AvgIpc) is 2.01. The van der Waals surface area contributed by atoms with Gasteiger partial charge in [-0.15, -0.1) is 0 Å². The van der Waals surface area contributed by atoms with E-state index in [0.29, 0.717) is 0 Å². The molecule has 0 atom stereocenters. The molecular formula is C6H11O4. The van der Waals surface area contributed by atoms with Crippen LogP contribution < -0.4 is 0 Å². The number of hydrogen-bond donors (Lipinski definition) is 3. The van der Waals surface area contributed by atoms with Crippen molar-refractivity contribution in [2.24, 2.45) is 5.41 Å². The van der Waals surface area contributed by atoms with Crippen molar-refractivity contribution in [1.82, 2.24) is 0 Å². The van der Waals surface area contributed by atoms with Gasteiger partial charge in [-0.2, -0.15) is 0 Å². The molecule has 0 aromatic heterocycles. The van der Waals surface area contributed by atoms with Gasteiger partial charge in [-0.1, -0.05) is 0 Å². The van der Waals surface area contributed by atoms with Gasteiger partial charge in [0, 0.05) is 6.61 Å². The summed E-state index contributed by atoms with van der Waals surface area (Å²) in [6.45, 7) is -1.20. The molecule has 0 amide bonds. The molecule has 0 heterocycles. The van der Waals surface area contributed by atoms with Gasteiger partial charge in [0.1, 0.15) is 0 Å². The maximum Gasteiger partial charge on any atom is 0.209 e. The zero-order valence-electron chi connectivity index (χ0n) is 5.58. The molecule has 3 N–H and O–H groups in total. The highest BCUT2D eigenvalue weighted by atomic mass is 16.3. The molecule has 4 nitrogen and oxygen atoms in total. The van der Waals surface area contributed by atoms with Crippen LogP contribution in [0.2, 0.25) is 0 Å². The molecule has 0 aromatic carbocycles. The van der Waals surface area contributed by atoms with Gasteiger partial charge in [0.05, 0.1) is 18.6 Å². The van der Waals surface area contributed by atoms with E-state index in [4.69, 9.17) is 15.3 Å². The summed E-state index contributed by atoms with van der Waals surface area (Å²) in [7, 11) is 0. The van der Waals surface area contributed by atoms with E-state index in [-0.39, 0.29) is 13.0 Å². The number of hydrogen-bond acceptors (Lipinski definition) is 4. The molecule has 0 bridgehead atoms. The van der Waals surface area contributed by atoms with Gasteiger partial charge in [-0.25, -0.2) is 0 Å². The van der Waals surface area contributed by atoms with Crippen molar-refractivity contribution >= 4 is 6.29 Å². The summed E-state index contributed by atoms with van der Waals surface area (Å²) >= 11 is 0. The second-order valence-electron chi connectivity index (χ2n) is 2.17. The molecule has 0 spiro atoms. The molecule has 0 unspecified atom stereocenters. The van der Waals surface area contributed by atoms with Crippen LogP contribution in [-0.4, -0.2) is 41.4 Å². The molecule has 0 fully saturated rings. The van der Waals surface area contributed by atoms with Gasteiger partial charge in [0.25, 0.3) is 0 Å². The quantitative estimate of drug-likeness (QED) is 0.440. The summed E-state index contributed by atoms with van der Waals surface area (Å²) in [4.78, 5) is 10.1. The lowest BCUT2D eigenvalue weighted by molar-refractivity contribution is 0.0818. The summed E-state index contributed by atoms with van der Waals surface area (Å²) in [6, 6.07) is 0. The van der Waals surface area contributed by atoms with E-state index in [1.54, 1.807) is 0 Å². The lowest BCUT2D eigenvalue weighted by Gasteiger charge is -2.19. The molecule has 59 valence electrons. The molecular weight excluding hydrogens is 136 g/mol. The second-order valence-corrected chi connectivity index (χ2v) is 2.17. The molecule has 10 heavy (non-hydrogen) atoms. The van der Waals surface area contributed by atoms with Gasteiger partial charge in [0.2, 0.25) is 6.29 Å². The van der Waals surface area contributed by atoms with Crippen LogP contribution in [0, 0.1) is 5.41 Å². The third-order valence-corrected chi connectivity index (χ3v) is 1.41. The standard InChI is InChI=1S/C6H11O4/c7-2-1-6(3-8,4-9)5-10/h7-9H,1-4H2. The van der Waals surface area contributed by atoms with E-state index >= 15 is 0 Å². The fourth-order valence-electron chi connectivity index (χ4n) is 0.538. The van der Waals surface area contributed by atoms with E-state index in [2.05, 4.69) is 0 Å². The van der Waals surface area contributed by atoms with E-state index in [0.717, 1.165) is 0 Å². The SMILES string of the molecule is O=[C]C(CO)(CO)CCO. The molecule has 0 aromatic rings. The van der Waals surface area contributed by atoms with Gasteiger partial charge in [-0.05, 0) is 6.42 Å². The van der Waals surface area contributed by atoms with Crippen LogP contribution in [0.15, 0.2) is 0 Å². The first-order chi connectivity index (χ1) is 4.74. The third-order valence-electron chi connectivity index (χ3n) is 1.41. The normalized spacial score (nSPS) is 11.5. The fraction of sp³-hybridized carbons (Fsp3) is 0.833.